The van der Waals surface area contributed by atoms with Gasteiger partial charge in [0.25, 0.3) is 0 Å². The minimum Gasteiger partial charge on any atom is -0.395 e. The van der Waals surface area contributed by atoms with Crippen molar-refractivity contribution in [3.63, 3.8) is 0 Å². The Morgan fingerprint density at radius 1 is 1.35 bits per heavy atom. The van der Waals surface area contributed by atoms with E-state index in [1.807, 2.05) is 0 Å². The van der Waals surface area contributed by atoms with E-state index in [-0.39, 0.29) is 12.6 Å². The summed E-state index contributed by atoms with van der Waals surface area (Å²) in [6.45, 7) is 10.0. The Morgan fingerprint density at radius 3 is 2.71 bits per heavy atom. The second-order valence-corrected chi connectivity index (χ2v) is 5.14. The maximum Gasteiger partial charge on any atom is 0.0597 e. The highest BCUT2D eigenvalue weighted by Gasteiger charge is 2.24. The van der Waals surface area contributed by atoms with Gasteiger partial charge in [0.15, 0.2) is 0 Å². The van der Waals surface area contributed by atoms with Gasteiger partial charge in [0.2, 0.25) is 0 Å². The van der Waals surface area contributed by atoms with E-state index < -0.39 is 0 Å². The van der Waals surface area contributed by atoms with Gasteiger partial charge in [-0.2, -0.15) is 0 Å². The zero-order chi connectivity index (χ0) is 12.7. The second kappa shape index (κ2) is 8.03. The van der Waals surface area contributed by atoms with E-state index in [9.17, 15) is 5.11 Å². The molecule has 0 spiro atoms. The lowest BCUT2D eigenvalue weighted by Crippen LogP contribution is -2.54. The molecule has 1 heterocycles. The first-order valence-electron chi connectivity index (χ1n) is 6.98. The van der Waals surface area contributed by atoms with E-state index in [1.165, 1.54) is 6.42 Å². The van der Waals surface area contributed by atoms with Crippen molar-refractivity contribution in [2.75, 3.05) is 46.4 Å². The Kier molecular flexibility index (Phi) is 7.04. The number of hydrogen-bond donors (Lipinski definition) is 2. The summed E-state index contributed by atoms with van der Waals surface area (Å²) in [6, 6.07) is 0.908. The average molecular weight is 243 g/mol. The van der Waals surface area contributed by atoms with Crippen molar-refractivity contribution >= 4 is 0 Å². The first-order chi connectivity index (χ1) is 8.21. The summed E-state index contributed by atoms with van der Waals surface area (Å²) in [5.74, 6) is 0. The second-order valence-electron chi connectivity index (χ2n) is 5.14. The molecule has 0 amide bonds. The molecule has 0 saturated carbocycles. The van der Waals surface area contributed by atoms with Crippen LogP contribution in [0.3, 0.4) is 0 Å². The molecule has 2 atom stereocenters. The van der Waals surface area contributed by atoms with Crippen LogP contribution in [0.2, 0.25) is 0 Å². The molecule has 0 bridgehead atoms. The molecule has 4 nitrogen and oxygen atoms in total. The molecule has 2 N–H and O–H groups in total. The summed E-state index contributed by atoms with van der Waals surface area (Å²) in [5, 5.41) is 12.8. The Hall–Kier alpha value is -0.160. The lowest BCUT2D eigenvalue weighted by Gasteiger charge is -2.40. The lowest BCUT2D eigenvalue weighted by atomic mass is 10.1. The Morgan fingerprint density at radius 2 is 2.12 bits per heavy atom. The van der Waals surface area contributed by atoms with Gasteiger partial charge in [-0.15, -0.1) is 0 Å². The van der Waals surface area contributed by atoms with Crippen molar-refractivity contribution in [1.82, 2.24) is 15.1 Å². The highest BCUT2D eigenvalue weighted by atomic mass is 16.3. The number of nitrogens with zero attached hydrogens (tertiary/aromatic N) is 2. The van der Waals surface area contributed by atoms with Gasteiger partial charge in [0.1, 0.15) is 0 Å². The normalized spacial score (nSPS) is 25.1. The monoisotopic (exact) mass is 243 g/mol. The standard InChI is InChI=1S/C13H29N3O/c1-4-6-14-12(11-17)9-16-8-7-15(3)13(5-2)10-16/h12-14,17H,4-11H2,1-3H3. The molecule has 0 aliphatic carbocycles. The van der Waals surface area contributed by atoms with Gasteiger partial charge in [0, 0.05) is 38.3 Å². The van der Waals surface area contributed by atoms with Crippen LogP contribution < -0.4 is 5.32 Å². The third kappa shape index (κ3) is 4.92. The SMILES string of the molecule is CCCNC(CO)CN1CCN(C)C(CC)C1. The van der Waals surface area contributed by atoms with Crippen LogP contribution in [0.25, 0.3) is 0 Å². The van der Waals surface area contributed by atoms with E-state index in [2.05, 4.69) is 36.0 Å². The first kappa shape index (κ1) is 14.9. The zero-order valence-corrected chi connectivity index (χ0v) is 11.7. The van der Waals surface area contributed by atoms with Crippen molar-refractivity contribution in [3.8, 4) is 0 Å². The molecule has 1 fully saturated rings. The van der Waals surface area contributed by atoms with Crippen LogP contribution >= 0.6 is 0 Å². The Labute approximate surface area is 106 Å². The van der Waals surface area contributed by atoms with Crippen molar-refractivity contribution in [2.45, 2.75) is 38.8 Å². The number of hydrogen-bond acceptors (Lipinski definition) is 4. The Balaban J connectivity index is 2.34. The molecule has 1 aliphatic heterocycles. The minimum atomic E-state index is 0.232. The fourth-order valence-corrected chi connectivity index (χ4v) is 2.46. The topological polar surface area (TPSA) is 38.7 Å². The van der Waals surface area contributed by atoms with Gasteiger partial charge >= 0.3 is 0 Å². The van der Waals surface area contributed by atoms with Gasteiger partial charge < -0.3 is 15.3 Å². The molecule has 2 unspecified atom stereocenters. The fraction of sp³-hybridized carbons (Fsp3) is 1.00. The zero-order valence-electron chi connectivity index (χ0n) is 11.7. The van der Waals surface area contributed by atoms with Crippen molar-refractivity contribution < 1.29 is 5.11 Å². The molecule has 1 saturated heterocycles. The maximum atomic E-state index is 9.36. The molecule has 0 aromatic heterocycles. The van der Waals surface area contributed by atoms with Crippen LogP contribution in [0.4, 0.5) is 0 Å². The van der Waals surface area contributed by atoms with Gasteiger partial charge in [-0.3, -0.25) is 4.90 Å². The van der Waals surface area contributed by atoms with Crippen molar-refractivity contribution in [2.24, 2.45) is 0 Å². The van der Waals surface area contributed by atoms with Crippen molar-refractivity contribution in [3.05, 3.63) is 0 Å². The van der Waals surface area contributed by atoms with E-state index in [0.717, 1.165) is 39.1 Å². The van der Waals surface area contributed by atoms with E-state index in [4.69, 9.17) is 0 Å². The average Bonchev–Trinajstić information content (AvgIpc) is 2.36. The van der Waals surface area contributed by atoms with Crippen LogP contribution in [0, 0.1) is 0 Å². The predicted octanol–water partition coefficient (Wildman–Crippen LogP) is 0.373. The molecule has 1 aliphatic rings. The van der Waals surface area contributed by atoms with Gasteiger partial charge in [0.05, 0.1) is 6.61 Å². The molecule has 1 rings (SSSR count). The number of likely N-dealkylation sites (N-methyl/N-ethyl adjacent to an activating group) is 1. The molecule has 0 aromatic carbocycles. The largest absolute Gasteiger partial charge is 0.395 e. The summed E-state index contributed by atoms with van der Waals surface area (Å²) in [4.78, 5) is 4.93. The van der Waals surface area contributed by atoms with Crippen LogP contribution in [0.5, 0.6) is 0 Å². The Bertz CT molecular complexity index is 201. The number of rotatable bonds is 7. The smallest absolute Gasteiger partial charge is 0.0597 e. The molecule has 4 heteroatoms. The first-order valence-corrected chi connectivity index (χ1v) is 6.98. The highest BCUT2D eigenvalue weighted by Crippen LogP contribution is 2.10. The summed E-state index contributed by atoms with van der Waals surface area (Å²) < 4.78 is 0. The summed E-state index contributed by atoms with van der Waals surface area (Å²) in [5.41, 5.74) is 0. The molecule has 0 aromatic rings. The number of aliphatic hydroxyl groups excluding tert-OH is 1. The predicted molar refractivity (Wildman–Crippen MR) is 72.3 cm³/mol. The van der Waals surface area contributed by atoms with Gasteiger partial charge in [-0.1, -0.05) is 13.8 Å². The van der Waals surface area contributed by atoms with E-state index in [1.54, 1.807) is 0 Å². The maximum absolute atomic E-state index is 9.36. The number of nitrogens with one attached hydrogen (secondary N) is 1. The molecule has 0 radical (unpaired) electrons. The van der Waals surface area contributed by atoms with Crippen LogP contribution in [-0.4, -0.2) is 73.4 Å². The molecule has 102 valence electrons. The van der Waals surface area contributed by atoms with Crippen LogP contribution in [0.15, 0.2) is 0 Å². The van der Waals surface area contributed by atoms with Crippen LogP contribution in [0.1, 0.15) is 26.7 Å². The molecular weight excluding hydrogens is 214 g/mol. The van der Waals surface area contributed by atoms with Gasteiger partial charge in [-0.05, 0) is 26.4 Å². The highest BCUT2D eigenvalue weighted by molar-refractivity contribution is 4.82. The number of aliphatic hydroxyl groups is 1. The summed E-state index contributed by atoms with van der Waals surface area (Å²) in [7, 11) is 2.21. The lowest BCUT2D eigenvalue weighted by molar-refractivity contribution is 0.0780. The van der Waals surface area contributed by atoms with E-state index >= 15 is 0 Å². The van der Waals surface area contributed by atoms with Crippen LogP contribution in [-0.2, 0) is 0 Å². The van der Waals surface area contributed by atoms with E-state index in [0.29, 0.717) is 6.04 Å². The molecular formula is C13H29N3O. The van der Waals surface area contributed by atoms with Gasteiger partial charge in [-0.25, -0.2) is 0 Å². The third-order valence-corrected chi connectivity index (χ3v) is 3.71. The van der Waals surface area contributed by atoms with Crippen molar-refractivity contribution in [1.29, 1.82) is 0 Å². The summed E-state index contributed by atoms with van der Waals surface area (Å²) in [6.07, 6.45) is 2.33. The quantitative estimate of drug-likeness (QED) is 0.678. The summed E-state index contributed by atoms with van der Waals surface area (Å²) >= 11 is 0. The molecule has 17 heavy (non-hydrogen) atoms. The fourth-order valence-electron chi connectivity index (χ4n) is 2.46. The third-order valence-electron chi connectivity index (χ3n) is 3.71. The number of piperazine rings is 1. The minimum absolute atomic E-state index is 0.232.